The SMILES string of the molecule is CCCCC[C@@H](N)c1ccc(C(=O)O)cc1.Cl. The Morgan fingerprint density at radius 2 is 1.88 bits per heavy atom. The summed E-state index contributed by atoms with van der Waals surface area (Å²) < 4.78 is 0. The topological polar surface area (TPSA) is 63.3 Å². The number of hydrogen-bond donors (Lipinski definition) is 2. The molecule has 3 N–H and O–H groups in total. The Bertz CT molecular complexity index is 338. The molecule has 96 valence electrons. The number of halogens is 1. The lowest BCUT2D eigenvalue weighted by Crippen LogP contribution is -2.10. The molecule has 0 heterocycles. The highest BCUT2D eigenvalue weighted by Gasteiger charge is 2.07. The van der Waals surface area contributed by atoms with E-state index in [2.05, 4.69) is 6.92 Å². The van der Waals surface area contributed by atoms with Crippen molar-refractivity contribution in [2.75, 3.05) is 0 Å². The molecule has 0 radical (unpaired) electrons. The van der Waals surface area contributed by atoms with Gasteiger partial charge in [-0.2, -0.15) is 0 Å². The van der Waals surface area contributed by atoms with Crippen LogP contribution >= 0.6 is 12.4 Å². The third kappa shape index (κ3) is 5.20. The van der Waals surface area contributed by atoms with E-state index in [4.69, 9.17) is 10.8 Å². The van der Waals surface area contributed by atoms with Gasteiger partial charge in [0.05, 0.1) is 5.56 Å². The Kier molecular flexibility index (Phi) is 7.59. The highest BCUT2D eigenvalue weighted by atomic mass is 35.5. The van der Waals surface area contributed by atoms with Crippen molar-refractivity contribution in [1.29, 1.82) is 0 Å². The number of carboxylic acids is 1. The summed E-state index contributed by atoms with van der Waals surface area (Å²) in [5.74, 6) is -0.897. The average Bonchev–Trinajstić information content (AvgIpc) is 2.29. The summed E-state index contributed by atoms with van der Waals surface area (Å²) in [6, 6.07) is 6.85. The van der Waals surface area contributed by atoms with Crippen LogP contribution in [0.4, 0.5) is 0 Å². The molecule has 0 aliphatic heterocycles. The molecular formula is C13H20ClNO2. The average molecular weight is 258 g/mol. The van der Waals surface area contributed by atoms with Gasteiger partial charge < -0.3 is 10.8 Å². The molecule has 4 heteroatoms. The van der Waals surface area contributed by atoms with E-state index in [0.717, 1.165) is 18.4 Å². The first-order valence-electron chi connectivity index (χ1n) is 5.74. The lowest BCUT2D eigenvalue weighted by Gasteiger charge is -2.11. The minimum absolute atomic E-state index is 0. The monoisotopic (exact) mass is 257 g/mol. The van der Waals surface area contributed by atoms with Gasteiger partial charge in [0.15, 0.2) is 0 Å². The van der Waals surface area contributed by atoms with Crippen molar-refractivity contribution in [2.24, 2.45) is 5.73 Å². The maximum absolute atomic E-state index is 10.7. The number of carbonyl (C=O) groups is 1. The largest absolute Gasteiger partial charge is 0.478 e. The van der Waals surface area contributed by atoms with Crippen molar-refractivity contribution in [1.82, 2.24) is 0 Å². The Morgan fingerprint density at radius 3 is 2.35 bits per heavy atom. The predicted octanol–water partition coefficient (Wildman–Crippen LogP) is 3.39. The quantitative estimate of drug-likeness (QED) is 0.768. The molecular weight excluding hydrogens is 238 g/mol. The zero-order valence-electron chi connectivity index (χ0n) is 10.1. The van der Waals surface area contributed by atoms with Crippen LogP contribution in [0.2, 0.25) is 0 Å². The molecule has 0 bridgehead atoms. The second-order valence-electron chi connectivity index (χ2n) is 4.03. The van der Waals surface area contributed by atoms with Gasteiger partial charge in [0.25, 0.3) is 0 Å². The van der Waals surface area contributed by atoms with Crippen LogP contribution in [0.3, 0.4) is 0 Å². The normalized spacial score (nSPS) is 11.6. The Morgan fingerprint density at radius 1 is 1.29 bits per heavy atom. The first-order valence-corrected chi connectivity index (χ1v) is 5.74. The van der Waals surface area contributed by atoms with Gasteiger partial charge in [-0.3, -0.25) is 0 Å². The fourth-order valence-corrected chi connectivity index (χ4v) is 1.65. The van der Waals surface area contributed by atoms with Gasteiger partial charge in [0.1, 0.15) is 0 Å². The van der Waals surface area contributed by atoms with Gasteiger partial charge in [0.2, 0.25) is 0 Å². The van der Waals surface area contributed by atoms with Crippen LogP contribution < -0.4 is 5.73 Å². The number of carboxylic acid groups (broad SMARTS) is 1. The first-order chi connectivity index (χ1) is 7.65. The number of benzene rings is 1. The second kappa shape index (κ2) is 8.09. The van der Waals surface area contributed by atoms with E-state index < -0.39 is 5.97 Å². The number of rotatable bonds is 6. The molecule has 1 aromatic rings. The van der Waals surface area contributed by atoms with E-state index >= 15 is 0 Å². The van der Waals surface area contributed by atoms with Crippen molar-refractivity contribution in [3.05, 3.63) is 35.4 Å². The summed E-state index contributed by atoms with van der Waals surface area (Å²) >= 11 is 0. The maximum Gasteiger partial charge on any atom is 0.335 e. The zero-order valence-corrected chi connectivity index (χ0v) is 10.9. The van der Waals surface area contributed by atoms with Crippen molar-refractivity contribution in [3.63, 3.8) is 0 Å². The van der Waals surface area contributed by atoms with Gasteiger partial charge in [-0.1, -0.05) is 38.3 Å². The van der Waals surface area contributed by atoms with Crippen LogP contribution in [0.25, 0.3) is 0 Å². The van der Waals surface area contributed by atoms with Crippen LogP contribution in [0, 0.1) is 0 Å². The van der Waals surface area contributed by atoms with Crippen LogP contribution in [0.1, 0.15) is 54.6 Å². The van der Waals surface area contributed by atoms with Crippen molar-refractivity contribution >= 4 is 18.4 Å². The van der Waals surface area contributed by atoms with Crippen LogP contribution in [0.5, 0.6) is 0 Å². The number of nitrogens with two attached hydrogens (primary N) is 1. The molecule has 3 nitrogen and oxygen atoms in total. The number of unbranched alkanes of at least 4 members (excludes halogenated alkanes) is 2. The van der Waals surface area contributed by atoms with Crippen LogP contribution in [-0.4, -0.2) is 11.1 Å². The first kappa shape index (κ1) is 15.9. The molecule has 0 amide bonds. The predicted molar refractivity (Wildman–Crippen MR) is 71.7 cm³/mol. The van der Waals surface area contributed by atoms with E-state index in [0.29, 0.717) is 5.56 Å². The molecule has 0 saturated carbocycles. The Labute approximate surface area is 108 Å². The van der Waals surface area contributed by atoms with Gasteiger partial charge >= 0.3 is 5.97 Å². The summed E-state index contributed by atoms with van der Waals surface area (Å²) in [4.78, 5) is 10.7. The van der Waals surface area contributed by atoms with Crippen LogP contribution in [0.15, 0.2) is 24.3 Å². The standard InChI is InChI=1S/C13H19NO2.ClH/c1-2-3-4-5-12(14)10-6-8-11(9-7-10)13(15)16;/h6-9,12H,2-5,14H2,1H3,(H,15,16);1H/t12-;/m1./s1. The molecule has 1 aromatic carbocycles. The van der Waals surface area contributed by atoms with E-state index in [-0.39, 0.29) is 18.4 Å². The lowest BCUT2D eigenvalue weighted by molar-refractivity contribution is 0.0697. The van der Waals surface area contributed by atoms with E-state index in [1.807, 2.05) is 0 Å². The number of aromatic carboxylic acids is 1. The summed E-state index contributed by atoms with van der Waals surface area (Å²) in [7, 11) is 0. The molecule has 1 atom stereocenters. The van der Waals surface area contributed by atoms with E-state index in [1.165, 1.54) is 12.8 Å². The minimum atomic E-state index is -0.897. The second-order valence-corrected chi connectivity index (χ2v) is 4.03. The summed E-state index contributed by atoms with van der Waals surface area (Å²) in [5, 5.41) is 8.76. The molecule has 0 aliphatic carbocycles. The third-order valence-electron chi connectivity index (χ3n) is 2.70. The minimum Gasteiger partial charge on any atom is -0.478 e. The third-order valence-corrected chi connectivity index (χ3v) is 2.70. The van der Waals surface area contributed by atoms with Gasteiger partial charge in [-0.25, -0.2) is 4.79 Å². The van der Waals surface area contributed by atoms with E-state index in [1.54, 1.807) is 24.3 Å². The Hall–Kier alpha value is -1.06. The molecule has 0 aliphatic rings. The van der Waals surface area contributed by atoms with Gasteiger partial charge in [-0.15, -0.1) is 12.4 Å². The fraction of sp³-hybridized carbons (Fsp3) is 0.462. The highest BCUT2D eigenvalue weighted by Crippen LogP contribution is 2.17. The molecule has 0 saturated heterocycles. The molecule has 0 spiro atoms. The van der Waals surface area contributed by atoms with E-state index in [9.17, 15) is 4.79 Å². The molecule has 0 aromatic heterocycles. The smallest absolute Gasteiger partial charge is 0.335 e. The number of hydrogen-bond acceptors (Lipinski definition) is 2. The molecule has 1 rings (SSSR count). The molecule has 0 unspecified atom stereocenters. The summed E-state index contributed by atoms with van der Waals surface area (Å²) in [6.07, 6.45) is 4.46. The summed E-state index contributed by atoms with van der Waals surface area (Å²) in [6.45, 7) is 2.16. The van der Waals surface area contributed by atoms with Crippen molar-refractivity contribution in [2.45, 2.75) is 38.6 Å². The zero-order chi connectivity index (χ0) is 12.0. The molecule has 17 heavy (non-hydrogen) atoms. The van der Waals surface area contributed by atoms with Crippen molar-refractivity contribution < 1.29 is 9.90 Å². The highest BCUT2D eigenvalue weighted by molar-refractivity contribution is 5.87. The molecule has 0 fully saturated rings. The van der Waals surface area contributed by atoms with Gasteiger partial charge in [-0.05, 0) is 24.1 Å². The fourth-order valence-electron chi connectivity index (χ4n) is 1.65. The van der Waals surface area contributed by atoms with Gasteiger partial charge in [0, 0.05) is 6.04 Å². The van der Waals surface area contributed by atoms with Crippen molar-refractivity contribution in [3.8, 4) is 0 Å². The summed E-state index contributed by atoms with van der Waals surface area (Å²) in [5.41, 5.74) is 7.34. The van der Waals surface area contributed by atoms with Crippen LogP contribution in [-0.2, 0) is 0 Å². The maximum atomic E-state index is 10.7. The Balaban J connectivity index is 0.00000256. The lowest BCUT2D eigenvalue weighted by atomic mass is 10.0.